The maximum Gasteiger partial charge on any atom is 0.412 e. The van der Waals surface area contributed by atoms with E-state index in [1.54, 1.807) is 6.08 Å². The van der Waals surface area contributed by atoms with E-state index in [0.717, 1.165) is 36.2 Å². The molecule has 168 valence electrons. The molecule has 0 fully saturated rings. The summed E-state index contributed by atoms with van der Waals surface area (Å²) in [5.74, 6) is -0.318. The average Bonchev–Trinajstić information content (AvgIpc) is 2.73. The molecule has 3 N–H and O–H groups in total. The molecule has 0 saturated carbocycles. The van der Waals surface area contributed by atoms with Gasteiger partial charge in [-0.15, -0.1) is 0 Å². The Kier molecular flexibility index (Phi) is 8.14. The summed E-state index contributed by atoms with van der Waals surface area (Å²) in [5, 5.41) is 9.14. The summed E-state index contributed by atoms with van der Waals surface area (Å²) in [6.45, 7) is 11.3. The molecule has 0 unspecified atom stereocenters. The van der Waals surface area contributed by atoms with Crippen molar-refractivity contribution < 1.29 is 18.0 Å². The number of alkyl halides is 3. The van der Waals surface area contributed by atoms with Crippen LogP contribution in [0, 0.1) is 6.92 Å². The van der Waals surface area contributed by atoms with Gasteiger partial charge in [0.2, 0.25) is 0 Å². The molecule has 0 saturated heterocycles. The van der Waals surface area contributed by atoms with Crippen LogP contribution in [-0.4, -0.2) is 24.2 Å². The number of amides is 1. The summed E-state index contributed by atoms with van der Waals surface area (Å²) in [6.07, 6.45) is 2.13. The van der Waals surface area contributed by atoms with E-state index in [1.165, 1.54) is 12.3 Å². The zero-order valence-corrected chi connectivity index (χ0v) is 18.4. The Hall–Kier alpha value is -2.96. The van der Waals surface area contributed by atoms with Gasteiger partial charge in [-0.05, 0) is 56.0 Å². The van der Waals surface area contributed by atoms with Gasteiger partial charge in [0.1, 0.15) is 0 Å². The van der Waals surface area contributed by atoms with Crippen molar-refractivity contribution >= 4 is 11.6 Å². The van der Waals surface area contributed by atoms with Crippen LogP contribution in [0.3, 0.4) is 0 Å². The highest BCUT2D eigenvalue weighted by molar-refractivity contribution is 5.96. The van der Waals surface area contributed by atoms with Crippen LogP contribution >= 0.6 is 0 Å². The third-order valence-electron chi connectivity index (χ3n) is 5.22. The van der Waals surface area contributed by atoms with Crippen molar-refractivity contribution in [1.29, 1.82) is 0 Å². The molecule has 4 nitrogen and oxygen atoms in total. The molecule has 0 radical (unpaired) electrons. The SMILES string of the molecule is C=CC1=CC(C(=O)NCc2ccc(N[C@H](C)CC)c(C)c2)=CN[C@@H]1/C=C(\C)C(F)(F)F. The summed E-state index contributed by atoms with van der Waals surface area (Å²) >= 11 is 0. The summed E-state index contributed by atoms with van der Waals surface area (Å²) in [6, 6.07) is 5.66. The van der Waals surface area contributed by atoms with Gasteiger partial charge in [-0.25, -0.2) is 0 Å². The number of carbonyl (C=O) groups excluding carboxylic acids is 1. The molecule has 1 aliphatic heterocycles. The second-order valence-electron chi connectivity index (χ2n) is 7.73. The molecule has 0 aromatic heterocycles. The molecule has 0 spiro atoms. The molecule has 2 rings (SSSR count). The van der Waals surface area contributed by atoms with Gasteiger partial charge in [0.25, 0.3) is 5.91 Å². The number of hydrogen-bond donors (Lipinski definition) is 3. The van der Waals surface area contributed by atoms with Crippen molar-refractivity contribution in [3.63, 3.8) is 0 Å². The van der Waals surface area contributed by atoms with Gasteiger partial charge in [0, 0.05) is 30.0 Å². The van der Waals surface area contributed by atoms with Gasteiger partial charge >= 0.3 is 6.18 Å². The van der Waals surface area contributed by atoms with E-state index in [2.05, 4.69) is 36.4 Å². The predicted octanol–water partition coefficient (Wildman–Crippen LogP) is 5.30. The number of nitrogens with one attached hydrogen (secondary N) is 3. The van der Waals surface area contributed by atoms with Crippen molar-refractivity contribution in [3.8, 4) is 0 Å². The van der Waals surface area contributed by atoms with E-state index in [1.807, 2.05) is 25.1 Å². The first-order valence-corrected chi connectivity index (χ1v) is 10.2. The number of carbonyl (C=O) groups is 1. The van der Waals surface area contributed by atoms with Crippen LogP contribution in [0.5, 0.6) is 0 Å². The number of benzene rings is 1. The van der Waals surface area contributed by atoms with Crippen LogP contribution in [0.4, 0.5) is 18.9 Å². The highest BCUT2D eigenvalue weighted by atomic mass is 19.4. The molecule has 31 heavy (non-hydrogen) atoms. The summed E-state index contributed by atoms with van der Waals surface area (Å²) < 4.78 is 38.4. The lowest BCUT2D eigenvalue weighted by atomic mass is 9.98. The summed E-state index contributed by atoms with van der Waals surface area (Å²) in [4.78, 5) is 12.6. The standard InChI is InChI=1S/C24H30F3N3O/c1-6-17(5)30-21-9-8-18(10-15(21)3)13-29-23(31)20-12-19(7-2)22(28-14-20)11-16(4)24(25,26)27/h7-12,14,17,22,28,30H,2,6,13H2,1,3-5H3,(H,29,31)/b16-11+/t17-,22-/m1/s1. The monoisotopic (exact) mass is 433 g/mol. The van der Waals surface area contributed by atoms with E-state index in [-0.39, 0.29) is 5.91 Å². The number of dihydropyridines is 1. The van der Waals surface area contributed by atoms with Crippen LogP contribution in [0.25, 0.3) is 0 Å². The topological polar surface area (TPSA) is 53.2 Å². The van der Waals surface area contributed by atoms with Gasteiger partial charge in [0.15, 0.2) is 0 Å². The molecule has 2 atom stereocenters. The second kappa shape index (κ2) is 10.4. The van der Waals surface area contributed by atoms with E-state index < -0.39 is 17.8 Å². The van der Waals surface area contributed by atoms with Crippen LogP contribution in [0.2, 0.25) is 0 Å². The zero-order chi connectivity index (χ0) is 23.2. The Morgan fingerprint density at radius 2 is 2.06 bits per heavy atom. The normalized spacial score (nSPS) is 17.8. The van der Waals surface area contributed by atoms with E-state index in [4.69, 9.17) is 0 Å². The highest BCUT2D eigenvalue weighted by Gasteiger charge is 2.31. The fraction of sp³-hybridized carbons (Fsp3) is 0.375. The van der Waals surface area contributed by atoms with Gasteiger partial charge in [-0.1, -0.05) is 37.8 Å². The van der Waals surface area contributed by atoms with E-state index in [0.29, 0.717) is 23.7 Å². The smallest absolute Gasteiger partial charge is 0.382 e. The summed E-state index contributed by atoms with van der Waals surface area (Å²) in [7, 11) is 0. The Labute approximate surface area is 182 Å². The zero-order valence-electron chi connectivity index (χ0n) is 18.4. The first kappa shape index (κ1) is 24.3. The highest BCUT2D eigenvalue weighted by Crippen LogP contribution is 2.27. The van der Waals surface area contributed by atoms with Crippen molar-refractivity contribution in [2.75, 3.05) is 5.32 Å². The number of anilines is 1. The minimum Gasteiger partial charge on any atom is -0.382 e. The third-order valence-corrected chi connectivity index (χ3v) is 5.22. The van der Waals surface area contributed by atoms with Gasteiger partial charge in [-0.2, -0.15) is 13.2 Å². The number of hydrogen-bond acceptors (Lipinski definition) is 3. The van der Waals surface area contributed by atoms with Gasteiger partial charge in [0.05, 0.1) is 11.6 Å². The molecule has 1 aromatic rings. The van der Waals surface area contributed by atoms with Crippen molar-refractivity contribution in [2.45, 2.75) is 58.9 Å². The van der Waals surface area contributed by atoms with Crippen molar-refractivity contribution in [1.82, 2.24) is 10.6 Å². The number of allylic oxidation sites excluding steroid dienone is 1. The van der Waals surface area contributed by atoms with Gasteiger partial charge in [-0.3, -0.25) is 4.79 Å². The average molecular weight is 434 g/mol. The third kappa shape index (κ3) is 6.77. The molecular weight excluding hydrogens is 403 g/mol. The second-order valence-corrected chi connectivity index (χ2v) is 7.73. The Morgan fingerprint density at radius 3 is 2.65 bits per heavy atom. The Morgan fingerprint density at radius 1 is 1.35 bits per heavy atom. The lowest BCUT2D eigenvalue weighted by molar-refractivity contribution is -0.117. The van der Waals surface area contributed by atoms with Crippen molar-refractivity contribution in [3.05, 3.63) is 77.1 Å². The van der Waals surface area contributed by atoms with E-state index in [9.17, 15) is 18.0 Å². The number of rotatable bonds is 8. The fourth-order valence-corrected chi connectivity index (χ4v) is 3.04. The first-order chi connectivity index (χ1) is 14.5. The molecule has 0 bridgehead atoms. The molecule has 1 heterocycles. The molecule has 1 amide bonds. The van der Waals surface area contributed by atoms with Crippen LogP contribution < -0.4 is 16.0 Å². The maximum absolute atomic E-state index is 12.8. The quantitative estimate of drug-likeness (QED) is 0.488. The van der Waals surface area contributed by atoms with Crippen molar-refractivity contribution in [2.24, 2.45) is 0 Å². The minimum absolute atomic E-state index is 0.318. The van der Waals surface area contributed by atoms with E-state index >= 15 is 0 Å². The largest absolute Gasteiger partial charge is 0.412 e. The molecule has 1 aromatic carbocycles. The van der Waals surface area contributed by atoms with Gasteiger partial charge < -0.3 is 16.0 Å². The van der Waals surface area contributed by atoms with Crippen LogP contribution in [0.1, 0.15) is 38.3 Å². The Balaban J connectivity index is 2.03. The summed E-state index contributed by atoms with van der Waals surface area (Å²) in [5.41, 5.74) is 3.23. The first-order valence-electron chi connectivity index (χ1n) is 10.2. The minimum atomic E-state index is -4.40. The van der Waals surface area contributed by atoms with Crippen LogP contribution in [0.15, 0.2) is 65.9 Å². The Bertz CT molecular complexity index is 913. The fourth-order valence-electron chi connectivity index (χ4n) is 3.04. The molecular formula is C24H30F3N3O. The maximum atomic E-state index is 12.8. The number of aryl methyl sites for hydroxylation is 1. The lowest BCUT2D eigenvalue weighted by Crippen LogP contribution is -2.32. The van der Waals surface area contributed by atoms with Crippen LogP contribution in [-0.2, 0) is 11.3 Å². The molecule has 0 aliphatic carbocycles. The lowest BCUT2D eigenvalue weighted by Gasteiger charge is -2.22. The number of halogens is 3. The molecule has 7 heteroatoms. The predicted molar refractivity (Wildman–Crippen MR) is 120 cm³/mol. The molecule has 1 aliphatic rings.